The fourth-order valence-electron chi connectivity index (χ4n) is 4.70. The number of aryl methyl sites for hydroxylation is 1. The fourth-order valence-corrected chi connectivity index (χ4v) is 4.70. The van der Waals surface area contributed by atoms with Crippen LogP contribution in [-0.4, -0.2) is 85.9 Å². The molecule has 222 valence electrons. The predicted octanol–water partition coefficient (Wildman–Crippen LogP) is 3.85. The van der Waals surface area contributed by atoms with Crippen LogP contribution in [0.25, 0.3) is 0 Å². The Hall–Kier alpha value is -3.62. The first-order valence-electron chi connectivity index (χ1n) is 12.2. The molecule has 0 bridgehead atoms. The number of hydrogen-bond donors (Lipinski definition) is 2. The number of likely N-dealkylation sites (tertiary alicyclic amines) is 1. The molecule has 2 aliphatic heterocycles. The highest BCUT2D eigenvalue weighted by Crippen LogP contribution is 2.41. The van der Waals surface area contributed by atoms with E-state index in [1.807, 2.05) is 41.4 Å². The molecule has 3 heterocycles. The first-order chi connectivity index (χ1) is 18.5. The number of hydrogen-bond acceptors (Lipinski definition) is 5. The second-order valence-corrected chi connectivity index (χ2v) is 9.14. The number of carboxylic acid groups (broad SMARTS) is 2. The van der Waals surface area contributed by atoms with Crippen molar-refractivity contribution >= 4 is 17.8 Å². The van der Waals surface area contributed by atoms with Crippen LogP contribution in [0.2, 0.25) is 0 Å². The van der Waals surface area contributed by atoms with Gasteiger partial charge >= 0.3 is 24.3 Å². The van der Waals surface area contributed by atoms with E-state index in [-0.39, 0.29) is 11.4 Å². The number of aliphatic carboxylic acids is 2. The van der Waals surface area contributed by atoms with Gasteiger partial charge in [0, 0.05) is 38.1 Å². The number of carbonyl (C=O) groups excluding carboxylic acids is 1. The van der Waals surface area contributed by atoms with Crippen LogP contribution in [0.5, 0.6) is 0 Å². The summed E-state index contributed by atoms with van der Waals surface area (Å²) in [6, 6.07) is 10.0. The first kappa shape index (κ1) is 32.6. The van der Waals surface area contributed by atoms with Crippen LogP contribution in [0.4, 0.5) is 26.3 Å². The van der Waals surface area contributed by atoms with E-state index >= 15 is 0 Å². The number of likely N-dealkylation sites (N-methyl/N-ethyl adjacent to an activating group) is 1. The number of carbonyl (C=O) groups is 3. The van der Waals surface area contributed by atoms with Crippen LogP contribution in [0.3, 0.4) is 0 Å². The molecule has 0 atom stereocenters. The molecule has 15 heteroatoms. The van der Waals surface area contributed by atoms with Gasteiger partial charge in [0.2, 0.25) is 5.91 Å². The Labute approximate surface area is 226 Å². The Kier molecular flexibility index (Phi) is 10.7. The Morgan fingerprint density at radius 2 is 1.40 bits per heavy atom. The Morgan fingerprint density at radius 1 is 0.900 bits per heavy atom. The van der Waals surface area contributed by atoms with Crippen LogP contribution >= 0.6 is 0 Å². The molecule has 40 heavy (non-hydrogen) atoms. The van der Waals surface area contributed by atoms with E-state index in [0.29, 0.717) is 6.42 Å². The van der Waals surface area contributed by atoms with E-state index in [1.165, 1.54) is 11.5 Å². The van der Waals surface area contributed by atoms with Gasteiger partial charge in [0.05, 0.1) is 12.0 Å². The molecule has 1 aromatic carbocycles. The standard InChI is InChI=1S/C21H28N4O.2C2HF3O2/c1-3-24-13-14-25-17(2)16-22-20(25)21(24)9-11-23(12-10-21)19(26)15-18-7-5-4-6-8-18;2*3-2(4,5)1(6)7/h4-8,16H,3,9-15H2,1-2H3;2*(H,6,7). The zero-order chi connectivity index (χ0) is 30.3. The highest BCUT2D eigenvalue weighted by atomic mass is 19.4. The minimum absolute atomic E-state index is 0.00914. The quantitative estimate of drug-likeness (QED) is 0.530. The van der Waals surface area contributed by atoms with Crippen LogP contribution in [0.15, 0.2) is 36.5 Å². The highest BCUT2D eigenvalue weighted by molar-refractivity contribution is 5.79. The lowest BCUT2D eigenvalue weighted by atomic mass is 9.83. The molecule has 1 saturated heterocycles. The maximum atomic E-state index is 12.7. The molecule has 1 aromatic heterocycles. The van der Waals surface area contributed by atoms with Gasteiger partial charge in [0.15, 0.2) is 0 Å². The van der Waals surface area contributed by atoms with Gasteiger partial charge in [-0.3, -0.25) is 9.69 Å². The van der Waals surface area contributed by atoms with Crippen molar-refractivity contribution in [3.8, 4) is 0 Å². The molecule has 0 unspecified atom stereocenters. The van der Waals surface area contributed by atoms with Crippen molar-refractivity contribution in [2.75, 3.05) is 26.2 Å². The van der Waals surface area contributed by atoms with Crippen LogP contribution < -0.4 is 0 Å². The number of piperidine rings is 1. The van der Waals surface area contributed by atoms with Gasteiger partial charge in [-0.25, -0.2) is 14.6 Å². The molecule has 2 aliphatic rings. The maximum Gasteiger partial charge on any atom is 0.490 e. The van der Waals surface area contributed by atoms with Crippen molar-refractivity contribution in [3.63, 3.8) is 0 Å². The van der Waals surface area contributed by atoms with E-state index in [1.54, 1.807) is 0 Å². The van der Waals surface area contributed by atoms with Crippen molar-refractivity contribution in [3.05, 3.63) is 53.6 Å². The summed E-state index contributed by atoms with van der Waals surface area (Å²) < 4.78 is 65.9. The second kappa shape index (κ2) is 13.2. The normalized spacial score (nSPS) is 16.6. The van der Waals surface area contributed by atoms with Crippen LogP contribution in [0.1, 0.15) is 36.8 Å². The molecule has 2 N–H and O–H groups in total. The molecule has 1 fully saturated rings. The Morgan fingerprint density at radius 3 is 1.85 bits per heavy atom. The van der Waals surface area contributed by atoms with Gasteiger partial charge in [0.25, 0.3) is 0 Å². The molecule has 1 amide bonds. The summed E-state index contributed by atoms with van der Waals surface area (Å²) in [6.07, 6.45) is -5.72. The predicted molar refractivity (Wildman–Crippen MR) is 129 cm³/mol. The fraction of sp³-hybridized carbons (Fsp3) is 0.520. The number of amides is 1. The number of nitrogens with zero attached hydrogens (tertiary/aromatic N) is 4. The van der Waals surface area contributed by atoms with E-state index in [2.05, 4.69) is 23.3 Å². The number of halogens is 6. The number of rotatable bonds is 3. The van der Waals surface area contributed by atoms with E-state index in [4.69, 9.17) is 24.8 Å². The van der Waals surface area contributed by atoms with Crippen molar-refractivity contribution in [2.24, 2.45) is 0 Å². The number of imidazole rings is 1. The monoisotopic (exact) mass is 580 g/mol. The molecular formula is C25H30F6N4O5. The molecule has 9 nitrogen and oxygen atoms in total. The van der Waals surface area contributed by atoms with E-state index in [9.17, 15) is 31.1 Å². The van der Waals surface area contributed by atoms with Crippen LogP contribution in [0, 0.1) is 6.92 Å². The third kappa shape index (κ3) is 8.19. The van der Waals surface area contributed by atoms with Crippen molar-refractivity contribution in [1.82, 2.24) is 19.4 Å². The summed E-state index contributed by atoms with van der Waals surface area (Å²) in [5, 5.41) is 14.2. The van der Waals surface area contributed by atoms with E-state index in [0.717, 1.165) is 51.1 Å². The lowest BCUT2D eigenvalue weighted by Gasteiger charge is -2.50. The first-order valence-corrected chi connectivity index (χ1v) is 12.2. The molecule has 1 spiro atoms. The topological polar surface area (TPSA) is 116 Å². The van der Waals surface area contributed by atoms with Gasteiger partial charge in [-0.2, -0.15) is 26.3 Å². The number of benzene rings is 1. The van der Waals surface area contributed by atoms with E-state index < -0.39 is 24.3 Å². The summed E-state index contributed by atoms with van der Waals surface area (Å²) in [5.74, 6) is -4.07. The van der Waals surface area contributed by atoms with Gasteiger partial charge < -0.3 is 19.7 Å². The lowest BCUT2D eigenvalue weighted by Crippen LogP contribution is -2.58. The minimum atomic E-state index is -5.08. The zero-order valence-electron chi connectivity index (χ0n) is 21.8. The largest absolute Gasteiger partial charge is 0.490 e. The summed E-state index contributed by atoms with van der Waals surface area (Å²) >= 11 is 0. The molecule has 0 saturated carbocycles. The number of alkyl halides is 6. The molecule has 0 radical (unpaired) electrons. The molecule has 4 rings (SSSR count). The smallest absolute Gasteiger partial charge is 0.475 e. The third-order valence-corrected chi connectivity index (χ3v) is 6.68. The van der Waals surface area contributed by atoms with Crippen molar-refractivity contribution in [1.29, 1.82) is 0 Å². The number of fused-ring (bicyclic) bond motifs is 2. The van der Waals surface area contributed by atoms with Crippen molar-refractivity contribution < 1.29 is 50.9 Å². The minimum Gasteiger partial charge on any atom is -0.475 e. The van der Waals surface area contributed by atoms with Gasteiger partial charge in [0.1, 0.15) is 5.82 Å². The second-order valence-electron chi connectivity index (χ2n) is 9.14. The summed E-state index contributed by atoms with van der Waals surface area (Å²) in [6.45, 7) is 9.13. The van der Waals surface area contributed by atoms with Gasteiger partial charge in [-0.05, 0) is 31.9 Å². The Bertz CT molecular complexity index is 1130. The summed E-state index contributed by atoms with van der Waals surface area (Å²) in [4.78, 5) is 39.9. The third-order valence-electron chi connectivity index (χ3n) is 6.68. The Balaban J connectivity index is 0.000000333. The van der Waals surface area contributed by atoms with Crippen molar-refractivity contribution in [2.45, 2.75) is 57.5 Å². The van der Waals surface area contributed by atoms with Gasteiger partial charge in [-0.15, -0.1) is 0 Å². The average Bonchev–Trinajstić information content (AvgIpc) is 3.26. The van der Waals surface area contributed by atoms with Gasteiger partial charge in [-0.1, -0.05) is 37.3 Å². The average molecular weight is 581 g/mol. The summed E-state index contributed by atoms with van der Waals surface area (Å²) in [7, 11) is 0. The SMILES string of the molecule is CCN1CCn2c(C)cnc2C12CCN(C(=O)Cc1ccccc1)CC2.O=C(O)C(F)(F)F.O=C(O)C(F)(F)F. The lowest BCUT2D eigenvalue weighted by molar-refractivity contribution is -0.193. The molecule has 2 aromatic rings. The molecular weight excluding hydrogens is 550 g/mol. The number of aromatic nitrogens is 2. The highest BCUT2D eigenvalue weighted by Gasteiger charge is 2.47. The summed E-state index contributed by atoms with van der Waals surface area (Å²) in [5.41, 5.74) is 2.33. The zero-order valence-corrected chi connectivity index (χ0v) is 21.8. The van der Waals surface area contributed by atoms with Crippen LogP contribution in [-0.2, 0) is 32.9 Å². The number of carboxylic acids is 2. The molecule has 0 aliphatic carbocycles. The maximum absolute atomic E-state index is 12.7.